The van der Waals surface area contributed by atoms with Crippen LogP contribution in [-0.2, 0) is 16.0 Å². The summed E-state index contributed by atoms with van der Waals surface area (Å²) in [6.07, 6.45) is 0.221. The zero-order valence-electron chi connectivity index (χ0n) is 16.1. The lowest BCUT2D eigenvalue weighted by atomic mass is 9.93. The predicted octanol–water partition coefficient (Wildman–Crippen LogP) is 3.94. The van der Waals surface area contributed by atoms with Crippen molar-refractivity contribution in [3.8, 4) is 11.8 Å². The number of para-hydroxylation sites is 1. The first-order chi connectivity index (χ1) is 14.6. The molecule has 0 bridgehead atoms. The molecule has 3 aromatic carbocycles. The lowest BCUT2D eigenvalue weighted by molar-refractivity contribution is -0.131. The Morgan fingerprint density at radius 1 is 0.933 bits per heavy atom. The zero-order valence-corrected chi connectivity index (χ0v) is 17.7. The van der Waals surface area contributed by atoms with Crippen molar-refractivity contribution in [3.63, 3.8) is 0 Å². The second-order valence-electron chi connectivity index (χ2n) is 6.95. The highest BCUT2D eigenvalue weighted by Gasteiger charge is 2.48. The van der Waals surface area contributed by atoms with Gasteiger partial charge in [-0.25, -0.2) is 0 Å². The van der Waals surface area contributed by atoms with Gasteiger partial charge in [-0.1, -0.05) is 72.5 Å². The number of nitrogens with one attached hydrogen (secondary N) is 1. The number of anilines is 1. The number of carbonyl (C=O) groups is 2. The van der Waals surface area contributed by atoms with E-state index in [1.54, 1.807) is 4.90 Å². The highest BCUT2D eigenvalue weighted by molar-refractivity contribution is 9.10. The summed E-state index contributed by atoms with van der Waals surface area (Å²) in [7, 11) is 0. The van der Waals surface area contributed by atoms with Crippen LogP contribution in [0.4, 0.5) is 5.69 Å². The molecule has 2 amide bonds. The van der Waals surface area contributed by atoms with Crippen molar-refractivity contribution >= 4 is 33.4 Å². The van der Waals surface area contributed by atoms with Crippen LogP contribution in [0.5, 0.6) is 0 Å². The summed E-state index contributed by atoms with van der Waals surface area (Å²) in [6.45, 7) is 0. The summed E-state index contributed by atoms with van der Waals surface area (Å²) in [5, 5.41) is 2.87. The van der Waals surface area contributed by atoms with Gasteiger partial charge in [0, 0.05) is 10.0 Å². The Morgan fingerprint density at radius 2 is 1.57 bits per heavy atom. The van der Waals surface area contributed by atoms with Gasteiger partial charge in [-0.15, -0.1) is 0 Å². The Balaban J connectivity index is 1.57. The second-order valence-corrected chi connectivity index (χ2v) is 7.80. The maximum Gasteiger partial charge on any atom is 0.253 e. The summed E-state index contributed by atoms with van der Waals surface area (Å²) in [6, 6.07) is 25.4. The average molecular weight is 459 g/mol. The van der Waals surface area contributed by atoms with Crippen LogP contribution >= 0.6 is 15.9 Å². The fourth-order valence-electron chi connectivity index (χ4n) is 3.38. The molecule has 0 spiro atoms. The summed E-state index contributed by atoms with van der Waals surface area (Å²) >= 11 is 3.51. The molecular formula is C25H19BrN2O2. The maximum atomic E-state index is 12.9. The standard InChI is InChI=1S/C25H19BrN2O2/c26-20-13-7-8-14-21(20)28-22(16-15-18-9-3-1-4-10-18)24(25(28)30)27-23(29)17-19-11-5-2-6-12-19/h1-14,22,24H,17H2,(H,27,29)/t22-,24-/m0/s1. The molecule has 2 atom stereocenters. The fourth-order valence-corrected chi connectivity index (χ4v) is 3.85. The summed E-state index contributed by atoms with van der Waals surface area (Å²) in [5.74, 6) is 5.94. The van der Waals surface area contributed by atoms with Crippen LogP contribution in [-0.4, -0.2) is 23.9 Å². The van der Waals surface area contributed by atoms with Crippen molar-refractivity contribution in [3.05, 3.63) is 101 Å². The Bertz CT molecular complexity index is 1120. The first kappa shape index (κ1) is 19.9. The molecule has 30 heavy (non-hydrogen) atoms. The van der Waals surface area contributed by atoms with E-state index in [0.717, 1.165) is 21.3 Å². The van der Waals surface area contributed by atoms with Crippen LogP contribution in [0, 0.1) is 11.8 Å². The fraction of sp³-hybridized carbons (Fsp3) is 0.120. The van der Waals surface area contributed by atoms with E-state index in [1.807, 2.05) is 84.9 Å². The second kappa shape index (κ2) is 8.98. The van der Waals surface area contributed by atoms with Crippen LogP contribution in [0.3, 0.4) is 0 Å². The number of amides is 2. The quantitative estimate of drug-likeness (QED) is 0.475. The van der Waals surface area contributed by atoms with Gasteiger partial charge in [0.15, 0.2) is 0 Å². The first-order valence-corrected chi connectivity index (χ1v) is 10.4. The molecule has 5 heteroatoms. The third kappa shape index (κ3) is 4.29. The van der Waals surface area contributed by atoms with Gasteiger partial charge in [0.05, 0.1) is 12.1 Å². The minimum atomic E-state index is -0.676. The number of halogens is 1. The number of hydrogen-bond acceptors (Lipinski definition) is 2. The van der Waals surface area contributed by atoms with Crippen molar-refractivity contribution in [1.29, 1.82) is 0 Å². The van der Waals surface area contributed by atoms with Crippen LogP contribution in [0.25, 0.3) is 0 Å². The van der Waals surface area contributed by atoms with E-state index in [4.69, 9.17) is 0 Å². The Hall–Kier alpha value is -3.36. The predicted molar refractivity (Wildman–Crippen MR) is 121 cm³/mol. The van der Waals surface area contributed by atoms with Gasteiger partial charge in [0.25, 0.3) is 5.91 Å². The monoisotopic (exact) mass is 458 g/mol. The van der Waals surface area contributed by atoms with Gasteiger partial charge in [0.2, 0.25) is 5.91 Å². The number of rotatable bonds is 4. The lowest BCUT2D eigenvalue weighted by Crippen LogP contribution is -2.71. The number of β-lactam (4-membered cyclic amide) rings is 1. The molecule has 3 aromatic rings. The third-order valence-corrected chi connectivity index (χ3v) is 5.54. The van der Waals surface area contributed by atoms with Crippen molar-refractivity contribution in [2.24, 2.45) is 0 Å². The van der Waals surface area contributed by atoms with E-state index in [-0.39, 0.29) is 18.2 Å². The minimum Gasteiger partial charge on any atom is -0.341 e. The molecule has 1 aliphatic heterocycles. The molecule has 0 saturated carbocycles. The lowest BCUT2D eigenvalue weighted by Gasteiger charge is -2.44. The van der Waals surface area contributed by atoms with Crippen molar-refractivity contribution in [1.82, 2.24) is 5.32 Å². The van der Waals surface area contributed by atoms with Gasteiger partial charge in [-0.2, -0.15) is 0 Å². The van der Waals surface area contributed by atoms with Gasteiger partial charge < -0.3 is 5.32 Å². The molecule has 4 nitrogen and oxygen atoms in total. The molecule has 4 rings (SSSR count). The molecule has 0 radical (unpaired) electrons. The van der Waals surface area contributed by atoms with Crippen molar-refractivity contribution in [2.45, 2.75) is 18.5 Å². The van der Waals surface area contributed by atoms with Gasteiger partial charge in [0.1, 0.15) is 12.1 Å². The average Bonchev–Trinajstić information content (AvgIpc) is 2.77. The van der Waals surface area contributed by atoms with Crippen LogP contribution in [0.2, 0.25) is 0 Å². The van der Waals surface area contributed by atoms with Crippen LogP contribution < -0.4 is 10.2 Å². The van der Waals surface area contributed by atoms with Gasteiger partial charge in [-0.05, 0) is 45.8 Å². The molecule has 0 aliphatic carbocycles. The highest BCUT2D eigenvalue weighted by atomic mass is 79.9. The zero-order chi connectivity index (χ0) is 20.9. The first-order valence-electron chi connectivity index (χ1n) is 9.61. The van der Waals surface area contributed by atoms with Crippen molar-refractivity contribution < 1.29 is 9.59 Å². The normalized spacial score (nSPS) is 17.5. The molecule has 1 N–H and O–H groups in total. The van der Waals surface area contributed by atoms with E-state index in [1.165, 1.54) is 0 Å². The Labute approximate surface area is 184 Å². The van der Waals surface area contributed by atoms with E-state index in [9.17, 15) is 9.59 Å². The molecule has 1 fully saturated rings. The van der Waals surface area contributed by atoms with Crippen LogP contribution in [0.1, 0.15) is 11.1 Å². The highest BCUT2D eigenvalue weighted by Crippen LogP contribution is 2.34. The smallest absolute Gasteiger partial charge is 0.253 e. The molecule has 148 valence electrons. The molecule has 1 saturated heterocycles. The molecule has 0 unspecified atom stereocenters. The number of benzene rings is 3. The summed E-state index contributed by atoms with van der Waals surface area (Å²) in [4.78, 5) is 27.1. The van der Waals surface area contributed by atoms with Crippen molar-refractivity contribution in [2.75, 3.05) is 4.90 Å². The topological polar surface area (TPSA) is 49.4 Å². The van der Waals surface area contributed by atoms with E-state index in [2.05, 4.69) is 33.1 Å². The Kier molecular flexibility index (Phi) is 5.97. The van der Waals surface area contributed by atoms with E-state index < -0.39 is 12.1 Å². The molecule has 1 aliphatic rings. The number of nitrogens with zero attached hydrogens (tertiary/aromatic N) is 1. The SMILES string of the molecule is O=C(Cc1ccccc1)N[C@@H]1C(=O)N(c2ccccc2Br)[C@H]1C#Cc1ccccc1. The van der Waals surface area contributed by atoms with Crippen LogP contribution in [0.15, 0.2) is 89.4 Å². The Morgan fingerprint density at radius 3 is 2.27 bits per heavy atom. The number of hydrogen-bond donors (Lipinski definition) is 1. The summed E-state index contributed by atoms with van der Waals surface area (Å²) < 4.78 is 0.805. The molecule has 0 aromatic heterocycles. The maximum absolute atomic E-state index is 12.9. The van der Waals surface area contributed by atoms with Gasteiger partial charge >= 0.3 is 0 Å². The minimum absolute atomic E-state index is 0.171. The third-order valence-electron chi connectivity index (χ3n) is 4.87. The van der Waals surface area contributed by atoms with E-state index in [0.29, 0.717) is 0 Å². The summed E-state index contributed by atoms with van der Waals surface area (Å²) in [5.41, 5.74) is 2.50. The molecule has 1 heterocycles. The van der Waals surface area contributed by atoms with E-state index >= 15 is 0 Å². The molecular weight excluding hydrogens is 440 g/mol. The van der Waals surface area contributed by atoms with Gasteiger partial charge in [-0.3, -0.25) is 14.5 Å². The number of carbonyl (C=O) groups excluding carboxylic acids is 2. The largest absolute Gasteiger partial charge is 0.341 e.